The summed E-state index contributed by atoms with van der Waals surface area (Å²) >= 11 is 15.3. The Morgan fingerprint density at radius 2 is 1.81 bits per heavy atom. The summed E-state index contributed by atoms with van der Waals surface area (Å²) in [5.74, 6) is 1.25. The molecule has 0 saturated heterocycles. The molecule has 2 aromatic carbocycles. The van der Waals surface area contributed by atoms with Gasteiger partial charge in [-0.3, -0.25) is 10.1 Å². The predicted molar refractivity (Wildman–Crippen MR) is 83.9 cm³/mol. The van der Waals surface area contributed by atoms with Gasteiger partial charge in [-0.05, 0) is 34.1 Å². The minimum Gasteiger partial charge on any atom is -0.496 e. The van der Waals surface area contributed by atoms with Crippen molar-refractivity contribution >= 4 is 44.8 Å². The second-order valence-electron chi connectivity index (χ2n) is 3.89. The first-order chi connectivity index (χ1) is 9.92. The molecule has 0 atom stereocenters. The monoisotopic (exact) mass is 391 g/mol. The molecule has 0 heterocycles. The molecular weight excluding hydrogens is 385 g/mol. The Labute approximate surface area is 138 Å². The van der Waals surface area contributed by atoms with E-state index < -0.39 is 4.92 Å². The molecule has 110 valence electrons. The van der Waals surface area contributed by atoms with E-state index in [0.717, 1.165) is 0 Å². The van der Waals surface area contributed by atoms with Crippen molar-refractivity contribution in [3.8, 4) is 17.2 Å². The van der Waals surface area contributed by atoms with Crippen LogP contribution in [0, 0.1) is 10.1 Å². The fraction of sp³-hybridized carbons (Fsp3) is 0.0769. The van der Waals surface area contributed by atoms with Crippen molar-refractivity contribution in [2.24, 2.45) is 0 Å². The molecule has 8 heteroatoms. The molecule has 0 bridgehead atoms. The van der Waals surface area contributed by atoms with E-state index in [-0.39, 0.29) is 21.5 Å². The van der Waals surface area contributed by atoms with E-state index in [9.17, 15) is 10.1 Å². The van der Waals surface area contributed by atoms with Gasteiger partial charge in [0.2, 0.25) is 0 Å². The zero-order chi connectivity index (χ0) is 15.6. The third-order valence-corrected chi connectivity index (χ3v) is 3.72. The Kier molecular flexibility index (Phi) is 4.92. The lowest BCUT2D eigenvalue weighted by Crippen LogP contribution is -1.92. The molecule has 0 radical (unpaired) electrons. The lowest BCUT2D eigenvalue weighted by atomic mass is 10.3. The zero-order valence-electron chi connectivity index (χ0n) is 10.6. The molecule has 0 amide bonds. The van der Waals surface area contributed by atoms with Gasteiger partial charge in [0.15, 0.2) is 5.75 Å². The van der Waals surface area contributed by atoms with Crippen LogP contribution in [-0.4, -0.2) is 12.0 Å². The number of nitro groups is 1. The molecule has 0 saturated carbocycles. The molecule has 0 fully saturated rings. The van der Waals surface area contributed by atoms with Crippen LogP contribution in [0.4, 0.5) is 5.69 Å². The van der Waals surface area contributed by atoms with E-state index >= 15 is 0 Å². The smallest absolute Gasteiger partial charge is 0.272 e. The van der Waals surface area contributed by atoms with Crippen LogP contribution in [0.25, 0.3) is 0 Å². The average Bonchev–Trinajstić information content (AvgIpc) is 2.42. The van der Waals surface area contributed by atoms with Crippen LogP contribution in [0.3, 0.4) is 0 Å². The van der Waals surface area contributed by atoms with Crippen molar-refractivity contribution in [3.63, 3.8) is 0 Å². The van der Waals surface area contributed by atoms with E-state index in [1.807, 2.05) is 0 Å². The molecule has 0 aliphatic heterocycles. The number of rotatable bonds is 4. The van der Waals surface area contributed by atoms with Crippen molar-refractivity contribution in [2.75, 3.05) is 7.11 Å². The van der Waals surface area contributed by atoms with Gasteiger partial charge in [-0.25, -0.2) is 0 Å². The van der Waals surface area contributed by atoms with Crippen LogP contribution in [0.5, 0.6) is 17.2 Å². The average molecular weight is 393 g/mol. The van der Waals surface area contributed by atoms with Crippen LogP contribution in [0.2, 0.25) is 10.0 Å². The van der Waals surface area contributed by atoms with Gasteiger partial charge in [-0.2, -0.15) is 0 Å². The summed E-state index contributed by atoms with van der Waals surface area (Å²) < 4.78 is 11.4. The summed E-state index contributed by atoms with van der Waals surface area (Å²) in [7, 11) is 1.55. The molecule has 0 aromatic heterocycles. The van der Waals surface area contributed by atoms with Gasteiger partial charge in [0, 0.05) is 12.1 Å². The predicted octanol–water partition coefficient (Wildman–Crippen LogP) is 5.47. The Morgan fingerprint density at radius 1 is 1.19 bits per heavy atom. The maximum Gasteiger partial charge on any atom is 0.272 e. The van der Waals surface area contributed by atoms with Crippen LogP contribution in [-0.2, 0) is 0 Å². The van der Waals surface area contributed by atoms with Gasteiger partial charge < -0.3 is 9.47 Å². The number of hydrogen-bond acceptors (Lipinski definition) is 4. The first-order valence-corrected chi connectivity index (χ1v) is 7.12. The Balaban J connectivity index is 2.35. The van der Waals surface area contributed by atoms with E-state index in [1.54, 1.807) is 25.3 Å². The zero-order valence-corrected chi connectivity index (χ0v) is 13.7. The number of ether oxygens (including phenoxy) is 2. The lowest BCUT2D eigenvalue weighted by Gasteiger charge is -2.11. The molecule has 0 unspecified atom stereocenters. The molecule has 5 nitrogen and oxygen atoms in total. The number of nitro benzene ring substituents is 1. The first-order valence-electron chi connectivity index (χ1n) is 5.57. The Hall–Kier alpha value is -1.50. The molecule has 21 heavy (non-hydrogen) atoms. The normalized spacial score (nSPS) is 10.3. The summed E-state index contributed by atoms with van der Waals surface area (Å²) in [6.07, 6.45) is 0. The van der Waals surface area contributed by atoms with E-state index in [4.69, 9.17) is 32.7 Å². The van der Waals surface area contributed by atoms with Crippen molar-refractivity contribution < 1.29 is 14.4 Å². The standard InChI is InChI=1S/C13H8BrCl2NO4/c1-20-12-3-2-8(6-9(12)14)21-13-10(15)4-7(17(18)19)5-11(13)16/h2-6H,1H3. The quantitative estimate of drug-likeness (QED) is 0.511. The molecule has 0 aliphatic rings. The van der Waals surface area contributed by atoms with E-state index in [0.29, 0.717) is 16.0 Å². The molecule has 2 rings (SSSR count). The van der Waals surface area contributed by atoms with Gasteiger partial charge in [0.25, 0.3) is 5.69 Å². The summed E-state index contributed by atoms with van der Waals surface area (Å²) in [5, 5.41) is 10.8. The third kappa shape index (κ3) is 3.58. The van der Waals surface area contributed by atoms with E-state index in [2.05, 4.69) is 15.9 Å². The van der Waals surface area contributed by atoms with Crippen molar-refractivity contribution in [1.29, 1.82) is 0 Å². The summed E-state index contributed by atoms with van der Waals surface area (Å²) in [6, 6.07) is 7.40. The second-order valence-corrected chi connectivity index (χ2v) is 5.56. The lowest BCUT2D eigenvalue weighted by molar-refractivity contribution is -0.384. The Bertz CT molecular complexity index is 686. The number of nitrogens with zero attached hydrogens (tertiary/aromatic N) is 1. The minimum atomic E-state index is -0.578. The number of benzene rings is 2. The molecule has 0 aliphatic carbocycles. The number of halogens is 3. The summed E-state index contributed by atoms with van der Waals surface area (Å²) in [5.41, 5.74) is -0.201. The summed E-state index contributed by atoms with van der Waals surface area (Å²) in [6.45, 7) is 0. The SMILES string of the molecule is COc1ccc(Oc2c(Cl)cc([N+](=O)[O-])cc2Cl)cc1Br. The molecular formula is C13H8BrCl2NO4. The minimum absolute atomic E-state index is 0.0566. The highest BCUT2D eigenvalue weighted by Crippen LogP contribution is 2.40. The van der Waals surface area contributed by atoms with Crippen molar-refractivity contribution in [3.05, 3.63) is 55.0 Å². The third-order valence-electron chi connectivity index (χ3n) is 2.54. The highest BCUT2D eigenvalue weighted by molar-refractivity contribution is 9.10. The number of hydrogen-bond donors (Lipinski definition) is 0. The highest BCUT2D eigenvalue weighted by atomic mass is 79.9. The maximum atomic E-state index is 10.7. The fourth-order valence-electron chi connectivity index (χ4n) is 1.58. The van der Waals surface area contributed by atoms with Gasteiger partial charge in [-0.15, -0.1) is 0 Å². The Morgan fingerprint density at radius 3 is 2.29 bits per heavy atom. The second kappa shape index (κ2) is 6.51. The van der Waals surface area contributed by atoms with Crippen molar-refractivity contribution in [1.82, 2.24) is 0 Å². The fourth-order valence-corrected chi connectivity index (χ4v) is 2.65. The van der Waals surface area contributed by atoms with Crippen molar-refractivity contribution in [2.45, 2.75) is 0 Å². The van der Waals surface area contributed by atoms with Crippen LogP contribution >= 0.6 is 39.1 Å². The number of methoxy groups -OCH3 is 1. The number of non-ortho nitro benzene ring substituents is 1. The van der Waals surface area contributed by atoms with Crippen LogP contribution in [0.1, 0.15) is 0 Å². The topological polar surface area (TPSA) is 61.6 Å². The largest absolute Gasteiger partial charge is 0.496 e. The van der Waals surface area contributed by atoms with Crippen LogP contribution in [0.15, 0.2) is 34.8 Å². The molecule has 0 spiro atoms. The molecule has 0 N–H and O–H groups in total. The maximum absolute atomic E-state index is 10.7. The molecule has 2 aromatic rings. The van der Waals surface area contributed by atoms with E-state index in [1.165, 1.54) is 12.1 Å². The van der Waals surface area contributed by atoms with Gasteiger partial charge >= 0.3 is 0 Å². The van der Waals surface area contributed by atoms with Gasteiger partial charge in [0.1, 0.15) is 11.5 Å². The van der Waals surface area contributed by atoms with Gasteiger partial charge in [0.05, 0.1) is 26.6 Å². The van der Waals surface area contributed by atoms with Crippen LogP contribution < -0.4 is 9.47 Å². The highest BCUT2D eigenvalue weighted by Gasteiger charge is 2.16. The van der Waals surface area contributed by atoms with Gasteiger partial charge in [-0.1, -0.05) is 23.2 Å². The first kappa shape index (κ1) is 15.9. The summed E-state index contributed by atoms with van der Waals surface area (Å²) in [4.78, 5) is 10.1.